The fourth-order valence-electron chi connectivity index (χ4n) is 2.01. The molecule has 8 heteroatoms. The highest BCUT2D eigenvalue weighted by Gasteiger charge is 2.63. The molecule has 0 bridgehead atoms. The van der Waals surface area contributed by atoms with Crippen molar-refractivity contribution in [3.63, 3.8) is 0 Å². The highest BCUT2D eigenvalue weighted by Crippen LogP contribution is 2.43. The second-order valence-electron chi connectivity index (χ2n) is 4.32. The number of ether oxygens (including phenoxy) is 1. The van der Waals surface area contributed by atoms with Gasteiger partial charge in [-0.3, -0.25) is 0 Å². The summed E-state index contributed by atoms with van der Waals surface area (Å²) in [6.45, 7) is 1.06. The van der Waals surface area contributed by atoms with Crippen LogP contribution in [0.4, 0.5) is 13.2 Å². The number of hydrogen-bond acceptors (Lipinski definition) is 3. The maximum absolute atomic E-state index is 13.3. The van der Waals surface area contributed by atoms with E-state index in [1.165, 1.54) is 25.1 Å². The first-order valence-electron chi connectivity index (χ1n) is 5.95. The zero-order valence-electron chi connectivity index (χ0n) is 10.8. The predicted octanol–water partition coefficient (Wildman–Crippen LogP) is 3.13. The summed E-state index contributed by atoms with van der Waals surface area (Å²) in [4.78, 5) is 14.3. The number of hydrogen-bond donors (Lipinski definition) is 2. The molecule has 2 rings (SSSR count). The van der Waals surface area contributed by atoms with Gasteiger partial charge < -0.3 is 14.8 Å². The topological polar surface area (TPSA) is 62.3 Å². The predicted molar refractivity (Wildman–Crippen MR) is 69.9 cm³/mol. The van der Waals surface area contributed by atoms with Crippen LogP contribution < -0.4 is 0 Å². The summed E-state index contributed by atoms with van der Waals surface area (Å²) in [5.41, 5.74) is -4.10. The number of fused-ring (bicyclic) bond motifs is 1. The average molecular weight is 322 g/mol. The van der Waals surface area contributed by atoms with Gasteiger partial charge in [0, 0.05) is 27.7 Å². The lowest BCUT2D eigenvalue weighted by Crippen LogP contribution is -2.50. The third-order valence-corrected chi connectivity index (χ3v) is 3.25. The van der Waals surface area contributed by atoms with Gasteiger partial charge in [0.15, 0.2) is 0 Å². The number of alkyl halides is 3. The molecule has 1 heterocycles. The van der Waals surface area contributed by atoms with Crippen molar-refractivity contribution in [2.45, 2.75) is 18.7 Å². The molecule has 4 nitrogen and oxygen atoms in total. The number of aromatic nitrogens is 1. The van der Waals surface area contributed by atoms with E-state index in [2.05, 4.69) is 9.72 Å². The molecule has 1 atom stereocenters. The fourth-order valence-corrected chi connectivity index (χ4v) is 2.18. The van der Waals surface area contributed by atoms with E-state index in [4.69, 9.17) is 11.6 Å². The van der Waals surface area contributed by atoms with Crippen LogP contribution in [-0.4, -0.2) is 28.8 Å². The van der Waals surface area contributed by atoms with Crippen LogP contribution in [0.2, 0.25) is 5.02 Å². The molecule has 114 valence electrons. The molecule has 0 spiro atoms. The van der Waals surface area contributed by atoms with Crippen LogP contribution in [0.15, 0.2) is 24.4 Å². The van der Waals surface area contributed by atoms with Crippen LogP contribution in [0.5, 0.6) is 0 Å². The summed E-state index contributed by atoms with van der Waals surface area (Å²) in [6.07, 6.45) is -4.32. The molecule has 2 aromatic rings. The van der Waals surface area contributed by atoms with E-state index in [0.29, 0.717) is 5.52 Å². The number of aromatic amines is 1. The first-order chi connectivity index (χ1) is 9.71. The summed E-state index contributed by atoms with van der Waals surface area (Å²) < 4.78 is 44.2. The minimum atomic E-state index is -5.24. The van der Waals surface area contributed by atoms with Crippen LogP contribution in [-0.2, 0) is 15.1 Å². The van der Waals surface area contributed by atoms with Crippen molar-refractivity contribution in [2.75, 3.05) is 6.61 Å². The van der Waals surface area contributed by atoms with E-state index in [9.17, 15) is 23.1 Å². The summed E-state index contributed by atoms with van der Waals surface area (Å²) in [6, 6.07) is 4.16. The Morgan fingerprint density at radius 1 is 1.43 bits per heavy atom. The Labute approximate surface area is 122 Å². The third kappa shape index (κ3) is 2.47. The van der Waals surface area contributed by atoms with Gasteiger partial charge in [-0.25, -0.2) is 4.79 Å². The molecule has 0 saturated heterocycles. The standard InChI is InChI=1S/C13H11ClF3NO3/c1-2-21-11(19)12(20,13(15,16)17)9-6-18-10-4-3-7(14)5-8(9)10/h3-6,18,20H,2H2,1H3. The van der Waals surface area contributed by atoms with Crippen LogP contribution in [0.3, 0.4) is 0 Å². The Hall–Kier alpha value is -1.73. The molecule has 0 aliphatic carbocycles. The van der Waals surface area contributed by atoms with Crippen molar-refractivity contribution < 1.29 is 27.8 Å². The number of carbonyl (C=O) groups is 1. The molecule has 0 fully saturated rings. The summed E-state index contributed by atoms with van der Waals surface area (Å²) in [7, 11) is 0. The molecule has 21 heavy (non-hydrogen) atoms. The Balaban J connectivity index is 2.70. The summed E-state index contributed by atoms with van der Waals surface area (Å²) in [5.74, 6) is -1.78. The molecule has 1 aromatic carbocycles. The lowest BCUT2D eigenvalue weighted by Gasteiger charge is -2.27. The molecule has 0 amide bonds. The number of H-pyrrole nitrogens is 1. The SMILES string of the molecule is CCOC(=O)C(O)(c1c[nH]c2ccc(Cl)cc12)C(F)(F)F. The Bertz CT molecular complexity index is 683. The largest absolute Gasteiger partial charge is 0.463 e. The van der Waals surface area contributed by atoms with Crippen LogP contribution >= 0.6 is 11.6 Å². The van der Waals surface area contributed by atoms with Crippen molar-refractivity contribution in [3.05, 3.63) is 35.0 Å². The molecular weight excluding hydrogens is 311 g/mol. The molecule has 0 saturated carbocycles. The number of aliphatic hydroxyl groups is 1. The lowest BCUT2D eigenvalue weighted by molar-refractivity contribution is -0.267. The van der Waals surface area contributed by atoms with Gasteiger partial charge in [0.05, 0.1) is 6.61 Å². The van der Waals surface area contributed by atoms with Crippen molar-refractivity contribution in [3.8, 4) is 0 Å². The Morgan fingerprint density at radius 2 is 2.10 bits per heavy atom. The van der Waals surface area contributed by atoms with E-state index in [1.54, 1.807) is 0 Å². The molecule has 0 aliphatic heterocycles. The molecule has 1 aromatic heterocycles. The van der Waals surface area contributed by atoms with E-state index in [1.807, 2.05) is 0 Å². The van der Waals surface area contributed by atoms with Gasteiger partial charge in [-0.1, -0.05) is 11.6 Å². The average Bonchev–Trinajstić information content (AvgIpc) is 2.79. The first kappa shape index (κ1) is 15.7. The number of carbonyl (C=O) groups excluding carboxylic acids is 1. The van der Waals surface area contributed by atoms with E-state index >= 15 is 0 Å². The molecule has 2 N–H and O–H groups in total. The van der Waals surface area contributed by atoms with E-state index in [0.717, 1.165) is 6.20 Å². The third-order valence-electron chi connectivity index (χ3n) is 3.01. The summed E-state index contributed by atoms with van der Waals surface area (Å²) in [5, 5.41) is 10.2. The monoisotopic (exact) mass is 321 g/mol. The smallest absolute Gasteiger partial charge is 0.432 e. The van der Waals surface area contributed by atoms with Crippen LogP contribution in [0.1, 0.15) is 12.5 Å². The summed E-state index contributed by atoms with van der Waals surface area (Å²) >= 11 is 5.76. The van der Waals surface area contributed by atoms with Crippen molar-refractivity contribution in [2.24, 2.45) is 0 Å². The molecule has 1 unspecified atom stereocenters. The highest BCUT2D eigenvalue weighted by molar-refractivity contribution is 6.31. The molecule has 0 radical (unpaired) electrons. The fraction of sp³-hybridized carbons (Fsp3) is 0.308. The van der Waals surface area contributed by atoms with Crippen LogP contribution in [0.25, 0.3) is 10.9 Å². The Kier molecular flexibility index (Phi) is 3.90. The van der Waals surface area contributed by atoms with Gasteiger partial charge in [0.2, 0.25) is 0 Å². The number of benzene rings is 1. The lowest BCUT2D eigenvalue weighted by atomic mass is 9.92. The molecular formula is C13H11ClF3NO3. The van der Waals surface area contributed by atoms with Crippen LogP contribution in [0, 0.1) is 0 Å². The van der Waals surface area contributed by atoms with Gasteiger partial charge >= 0.3 is 12.1 Å². The highest BCUT2D eigenvalue weighted by atomic mass is 35.5. The van der Waals surface area contributed by atoms with Gasteiger partial charge in [-0.05, 0) is 25.1 Å². The van der Waals surface area contributed by atoms with Gasteiger partial charge in [-0.2, -0.15) is 13.2 Å². The second kappa shape index (κ2) is 5.23. The maximum atomic E-state index is 13.3. The minimum absolute atomic E-state index is 0.00428. The quantitative estimate of drug-likeness (QED) is 0.854. The zero-order valence-corrected chi connectivity index (χ0v) is 11.5. The van der Waals surface area contributed by atoms with Gasteiger partial charge in [0.25, 0.3) is 5.60 Å². The number of halogens is 4. The Morgan fingerprint density at radius 3 is 2.67 bits per heavy atom. The number of rotatable bonds is 3. The molecule has 0 aliphatic rings. The van der Waals surface area contributed by atoms with Gasteiger partial charge in [0.1, 0.15) is 0 Å². The normalized spacial score (nSPS) is 15.0. The first-order valence-corrected chi connectivity index (χ1v) is 6.33. The van der Waals surface area contributed by atoms with Crippen molar-refractivity contribution >= 4 is 28.5 Å². The number of esters is 1. The van der Waals surface area contributed by atoms with Crippen molar-refractivity contribution in [1.82, 2.24) is 4.98 Å². The zero-order chi connectivity index (χ0) is 15.8. The van der Waals surface area contributed by atoms with E-state index < -0.39 is 23.3 Å². The maximum Gasteiger partial charge on any atom is 0.432 e. The van der Waals surface area contributed by atoms with Gasteiger partial charge in [-0.15, -0.1) is 0 Å². The number of nitrogens with one attached hydrogen (secondary N) is 1. The van der Waals surface area contributed by atoms with Crippen molar-refractivity contribution in [1.29, 1.82) is 0 Å². The van der Waals surface area contributed by atoms with E-state index in [-0.39, 0.29) is 17.0 Å². The minimum Gasteiger partial charge on any atom is -0.463 e. The second-order valence-corrected chi connectivity index (χ2v) is 4.76.